The van der Waals surface area contributed by atoms with E-state index in [9.17, 15) is 25.9 Å². The molecule has 0 radical (unpaired) electrons. The fourth-order valence-electron chi connectivity index (χ4n) is 9.17. The summed E-state index contributed by atoms with van der Waals surface area (Å²) in [5.74, 6) is 0. The Morgan fingerprint density at radius 2 is 0.523 bits per heavy atom. The zero-order valence-electron chi connectivity index (χ0n) is 41.4. The maximum absolute atomic E-state index is 11.6. The van der Waals surface area contributed by atoms with Crippen LogP contribution in [0.3, 0.4) is 0 Å². The van der Waals surface area contributed by atoms with Crippen LogP contribution in [0.5, 0.6) is 0 Å². The molecule has 4 aromatic rings. The third kappa shape index (κ3) is 23.1. The van der Waals surface area contributed by atoms with Gasteiger partial charge >= 0.3 is 19.5 Å². The van der Waals surface area contributed by atoms with E-state index in [4.69, 9.17) is 0 Å². The van der Waals surface area contributed by atoms with E-state index in [1.165, 1.54) is 188 Å². The number of rotatable bonds is 34. The quantitative estimate of drug-likeness (QED) is 0.0262. The van der Waals surface area contributed by atoms with Crippen molar-refractivity contribution in [3.8, 4) is 0 Å². The molecule has 4 aromatic carbocycles. The first-order chi connectivity index (χ1) is 30.9. The molecule has 9 heteroatoms. The molecule has 4 rings (SSSR count). The Morgan fingerprint density at radius 1 is 0.308 bits per heavy atom. The summed E-state index contributed by atoms with van der Waals surface area (Å²) in [6.07, 6.45) is 39.2. The molecule has 0 fully saturated rings. The summed E-state index contributed by atoms with van der Waals surface area (Å²) in [4.78, 5) is -0.224. The summed E-state index contributed by atoms with van der Waals surface area (Å²) < 4.78 is 69.7. The number of unbranched alkanes of at least 4 members (excludes halogenated alkanes) is 24. The van der Waals surface area contributed by atoms with Crippen molar-refractivity contribution in [1.29, 1.82) is 0 Å². The van der Waals surface area contributed by atoms with Gasteiger partial charge in [-0.3, -0.25) is 0 Å². The van der Waals surface area contributed by atoms with Gasteiger partial charge < -0.3 is 9.11 Å². The molecular weight excluding hydrogens is 898 g/mol. The second-order valence-corrected chi connectivity index (χ2v) is 21.3. The Hall–Kier alpha value is -2.16. The van der Waals surface area contributed by atoms with Crippen LogP contribution in [0.25, 0.3) is 21.5 Å². The summed E-state index contributed by atoms with van der Waals surface area (Å²) in [7, 11) is -8.89. The molecule has 0 aliphatic carbocycles. The molecule has 0 unspecified atom stereocenters. The first kappa shape index (κ1) is 59.0. The van der Waals surface area contributed by atoms with E-state index in [1.807, 2.05) is 12.1 Å². The Labute approximate surface area is 410 Å². The van der Waals surface area contributed by atoms with E-state index in [0.717, 1.165) is 72.9 Å². The van der Waals surface area contributed by atoms with E-state index in [0.29, 0.717) is 0 Å². The maximum atomic E-state index is 11.6. The van der Waals surface area contributed by atoms with Crippen molar-refractivity contribution in [2.75, 3.05) is 0 Å². The van der Waals surface area contributed by atoms with Crippen LogP contribution >= 0.6 is 0 Å². The van der Waals surface area contributed by atoms with Crippen molar-refractivity contribution < 1.29 is 45.4 Å². The Bertz CT molecular complexity index is 1960. The molecule has 0 aliphatic heterocycles. The second kappa shape index (κ2) is 34.2. The van der Waals surface area contributed by atoms with Crippen molar-refractivity contribution in [3.05, 3.63) is 82.9 Å². The molecule has 0 amide bonds. The van der Waals surface area contributed by atoms with Gasteiger partial charge in [-0.05, 0) is 119 Å². The van der Waals surface area contributed by atoms with Crippen LogP contribution in [-0.4, -0.2) is 25.9 Å². The van der Waals surface area contributed by atoms with Crippen LogP contribution < -0.4 is 0 Å². The number of hydrogen-bond acceptors (Lipinski definition) is 6. The third-order valence-corrected chi connectivity index (χ3v) is 14.8. The van der Waals surface area contributed by atoms with Gasteiger partial charge in [-0.25, -0.2) is 16.8 Å². The SMILES string of the molecule is CCCCCCCCCc1ccc(CCCCCCCCC)c2cc(S(=O)(=O)[O-])ccc12.CCCCCCCCCc1ccc(CCCCCCCCC)c2cc(S(=O)(=O)[O-])ccc12.[Zn+2]. The topological polar surface area (TPSA) is 114 Å². The van der Waals surface area contributed by atoms with Gasteiger partial charge in [-0.2, -0.15) is 0 Å². The van der Waals surface area contributed by atoms with Crippen LogP contribution in [0, 0.1) is 0 Å². The second-order valence-electron chi connectivity index (χ2n) is 18.6. The molecule has 65 heavy (non-hydrogen) atoms. The Morgan fingerprint density at radius 3 is 0.754 bits per heavy atom. The number of aryl methyl sites for hydroxylation is 4. The smallest absolute Gasteiger partial charge is 0.744 e. The minimum atomic E-state index is -4.44. The zero-order valence-corrected chi connectivity index (χ0v) is 46.0. The average molecular weight is 985 g/mol. The molecule has 0 bridgehead atoms. The Kier molecular flexibility index (Phi) is 31.0. The van der Waals surface area contributed by atoms with Gasteiger partial charge in [-0.1, -0.05) is 218 Å². The van der Waals surface area contributed by atoms with Crippen LogP contribution in [0.2, 0.25) is 0 Å². The molecule has 0 saturated heterocycles. The summed E-state index contributed by atoms with van der Waals surface area (Å²) in [5, 5.41) is 4.13. The molecular formula is C56H86O6S2Zn. The minimum absolute atomic E-state index is 0. The van der Waals surface area contributed by atoms with Crippen molar-refractivity contribution >= 4 is 41.8 Å². The van der Waals surface area contributed by atoms with Crippen molar-refractivity contribution in [3.63, 3.8) is 0 Å². The number of fused-ring (bicyclic) bond motifs is 2. The normalized spacial score (nSPS) is 11.8. The van der Waals surface area contributed by atoms with Crippen LogP contribution in [0.1, 0.15) is 230 Å². The average Bonchev–Trinajstić information content (AvgIpc) is 3.27. The molecule has 0 saturated carbocycles. The van der Waals surface area contributed by atoms with Crippen LogP contribution in [0.15, 0.2) is 70.5 Å². The summed E-state index contributed by atoms with van der Waals surface area (Å²) in [6.45, 7) is 8.95. The van der Waals surface area contributed by atoms with Gasteiger partial charge in [0.25, 0.3) is 0 Å². The molecule has 0 spiro atoms. The standard InChI is InChI=1S/2C28H44O3S.Zn/c2*1-3-5-7-9-11-13-15-17-24-19-20-25(18-16-14-12-10-8-6-4-2)28-23-26(32(29,30)31)21-22-27(24)28;/h2*19-23H,3-18H2,1-2H3,(H,29,30,31);/q;;+2/p-2. The zero-order chi connectivity index (χ0) is 46.5. The number of benzene rings is 4. The fraction of sp³-hybridized carbons (Fsp3) is 0.643. The molecule has 0 heterocycles. The number of hydrogen-bond donors (Lipinski definition) is 0. The van der Waals surface area contributed by atoms with Gasteiger partial charge in [-0.15, -0.1) is 0 Å². The molecule has 6 nitrogen and oxygen atoms in total. The first-order valence-electron chi connectivity index (χ1n) is 25.9. The molecule has 0 aliphatic rings. The van der Waals surface area contributed by atoms with E-state index in [1.54, 1.807) is 12.1 Å². The van der Waals surface area contributed by atoms with Gasteiger partial charge in [0.2, 0.25) is 0 Å². The van der Waals surface area contributed by atoms with Gasteiger partial charge in [0.15, 0.2) is 0 Å². The minimum Gasteiger partial charge on any atom is -0.744 e. The predicted molar refractivity (Wildman–Crippen MR) is 271 cm³/mol. The summed E-state index contributed by atoms with van der Waals surface area (Å²) in [5.41, 5.74) is 4.88. The van der Waals surface area contributed by atoms with Crippen LogP contribution in [0.4, 0.5) is 0 Å². The van der Waals surface area contributed by atoms with Gasteiger partial charge in [0.1, 0.15) is 20.2 Å². The fourth-order valence-corrected chi connectivity index (χ4v) is 10.2. The maximum Gasteiger partial charge on any atom is 2.00 e. The molecule has 0 atom stereocenters. The van der Waals surface area contributed by atoms with Gasteiger partial charge in [0.05, 0.1) is 9.79 Å². The van der Waals surface area contributed by atoms with Crippen molar-refractivity contribution in [1.82, 2.24) is 0 Å². The summed E-state index contributed by atoms with van der Waals surface area (Å²) in [6, 6.07) is 18.7. The monoisotopic (exact) mass is 983 g/mol. The van der Waals surface area contributed by atoms with E-state index in [2.05, 4.69) is 52.0 Å². The summed E-state index contributed by atoms with van der Waals surface area (Å²) >= 11 is 0. The molecule has 0 N–H and O–H groups in total. The molecule has 0 aromatic heterocycles. The third-order valence-electron chi connectivity index (χ3n) is 13.1. The van der Waals surface area contributed by atoms with Gasteiger partial charge in [0, 0.05) is 0 Å². The van der Waals surface area contributed by atoms with E-state index < -0.39 is 20.2 Å². The molecule has 360 valence electrons. The first-order valence-corrected chi connectivity index (χ1v) is 28.8. The van der Waals surface area contributed by atoms with E-state index >= 15 is 0 Å². The van der Waals surface area contributed by atoms with E-state index in [-0.39, 0.29) is 29.3 Å². The van der Waals surface area contributed by atoms with Crippen LogP contribution in [-0.2, 0) is 65.4 Å². The van der Waals surface area contributed by atoms with Crippen molar-refractivity contribution in [2.45, 2.75) is 243 Å². The largest absolute Gasteiger partial charge is 2.00 e. The van der Waals surface area contributed by atoms with Crippen molar-refractivity contribution in [2.24, 2.45) is 0 Å². The Balaban J connectivity index is 0.000000440. The predicted octanol–water partition coefficient (Wildman–Crippen LogP) is 16.7.